The van der Waals surface area contributed by atoms with Crippen molar-refractivity contribution in [1.82, 2.24) is 0 Å². The van der Waals surface area contributed by atoms with Gasteiger partial charge in [-0.15, -0.1) is 0 Å². The van der Waals surface area contributed by atoms with Crippen molar-refractivity contribution in [1.29, 1.82) is 0 Å². The van der Waals surface area contributed by atoms with Crippen LogP contribution in [0, 0.1) is 0 Å². The van der Waals surface area contributed by atoms with Crippen molar-refractivity contribution in [3.63, 3.8) is 0 Å². The molecule has 0 aromatic heterocycles. The second kappa shape index (κ2) is 59.8. The van der Waals surface area contributed by atoms with Crippen LogP contribution in [-0.4, -0.2) is 70.0 Å². The zero-order valence-corrected chi connectivity index (χ0v) is 52.6. The maximum Gasteiger partial charge on any atom is 0.306 e. The summed E-state index contributed by atoms with van der Waals surface area (Å²) in [6.45, 7) is 4.00. The SMILES string of the molecule is CC/C=C\C/C=C\C/C=C\C/C=C\C/C=C\C/C=C\C/C=C\CCCCCCCCCCCCCCCC(=O)OC(COC(=O)CCCCCCCCCC/C=C\C/C=C\C/C=C\C/C=C\CC)COP(=O)([O-])OCC[N+](C)(C)C. The molecule has 456 valence electrons. The third-order valence-electron chi connectivity index (χ3n) is 13.2. The van der Waals surface area contributed by atoms with Crippen LogP contribution in [-0.2, 0) is 32.7 Å². The Balaban J connectivity index is 4.12. The smallest absolute Gasteiger partial charge is 0.306 e. The van der Waals surface area contributed by atoms with Gasteiger partial charge in [-0.3, -0.25) is 14.2 Å². The molecule has 0 saturated carbocycles. The van der Waals surface area contributed by atoms with E-state index >= 15 is 0 Å². The van der Waals surface area contributed by atoms with Crippen LogP contribution >= 0.6 is 7.82 Å². The number of phosphoric ester groups is 1. The molecule has 0 rings (SSSR count). The first-order chi connectivity index (χ1) is 39.0. The van der Waals surface area contributed by atoms with Gasteiger partial charge in [0, 0.05) is 12.8 Å². The van der Waals surface area contributed by atoms with Crippen LogP contribution in [0.15, 0.2) is 134 Å². The molecule has 0 aromatic rings. The lowest BCUT2D eigenvalue weighted by Gasteiger charge is -2.28. The van der Waals surface area contributed by atoms with Crippen molar-refractivity contribution in [3.05, 3.63) is 134 Å². The molecule has 0 N–H and O–H groups in total. The van der Waals surface area contributed by atoms with Gasteiger partial charge in [0.1, 0.15) is 19.8 Å². The number of phosphoric acid groups is 1. The molecule has 2 atom stereocenters. The molecule has 9 nitrogen and oxygen atoms in total. The van der Waals surface area contributed by atoms with Gasteiger partial charge in [0.2, 0.25) is 0 Å². The van der Waals surface area contributed by atoms with Gasteiger partial charge in [-0.05, 0) is 109 Å². The van der Waals surface area contributed by atoms with E-state index < -0.39 is 32.5 Å². The molecule has 0 radical (unpaired) electrons. The first-order valence-electron chi connectivity index (χ1n) is 31.9. The molecule has 0 aromatic carbocycles. The zero-order valence-electron chi connectivity index (χ0n) is 51.7. The molecular formula is C70H118NO8P. The van der Waals surface area contributed by atoms with E-state index in [2.05, 4.69) is 148 Å². The average molecular weight is 1130 g/mol. The largest absolute Gasteiger partial charge is 0.756 e. The number of carbonyl (C=O) groups excluding carboxylic acids is 2. The first-order valence-corrected chi connectivity index (χ1v) is 33.4. The molecular weight excluding hydrogens is 1010 g/mol. The topological polar surface area (TPSA) is 111 Å². The molecule has 0 saturated heterocycles. The summed E-state index contributed by atoms with van der Waals surface area (Å²) >= 11 is 0. The van der Waals surface area contributed by atoms with Crippen molar-refractivity contribution >= 4 is 19.8 Å². The lowest BCUT2D eigenvalue weighted by molar-refractivity contribution is -0.870. The maximum atomic E-state index is 12.8. The number of hydrogen-bond donors (Lipinski definition) is 0. The average Bonchev–Trinajstić information content (AvgIpc) is 3.42. The van der Waals surface area contributed by atoms with Crippen molar-refractivity contribution < 1.29 is 42.1 Å². The fourth-order valence-electron chi connectivity index (χ4n) is 8.33. The second-order valence-corrected chi connectivity index (χ2v) is 23.4. The number of carbonyl (C=O) groups is 2. The highest BCUT2D eigenvalue weighted by atomic mass is 31.2. The summed E-state index contributed by atoms with van der Waals surface area (Å²) in [6.07, 6.45) is 86.5. The minimum atomic E-state index is -4.65. The minimum absolute atomic E-state index is 0.0385. The van der Waals surface area contributed by atoms with E-state index in [1.807, 2.05) is 21.1 Å². The Morgan fingerprint density at radius 2 is 0.675 bits per heavy atom. The molecule has 10 heteroatoms. The fraction of sp³-hybridized carbons (Fsp3) is 0.657. The summed E-state index contributed by atoms with van der Waals surface area (Å²) in [4.78, 5) is 38.0. The van der Waals surface area contributed by atoms with E-state index in [0.29, 0.717) is 23.9 Å². The number of ether oxygens (including phenoxy) is 2. The van der Waals surface area contributed by atoms with Gasteiger partial charge in [0.05, 0.1) is 27.7 Å². The zero-order chi connectivity index (χ0) is 58.4. The standard InChI is InChI=1S/C70H118NO8P/c1-6-8-10-12-14-16-18-20-22-24-26-28-29-30-31-32-33-34-35-36-37-38-39-40-41-43-45-47-49-51-53-55-57-59-61-63-70(73)79-68(67-78-80(74,75)77-65-64-71(3,4)5)66-76-69(72)62-60-58-56-54-52-50-48-46-44-42-27-25-23-21-19-17-15-13-11-9-7-2/h8-11,14-17,20-23,26-28,30-31,33-34,36-37,42,68H,6-7,12-13,18-19,24-25,29,32,35,38-41,43-67H2,1-5H3/b10-8-,11-9-,16-14-,17-15-,22-20-,23-21-,28-26-,31-30-,34-33-,37-36-,42-27-. The molecule has 0 heterocycles. The number of nitrogens with zero attached hydrogens (tertiary/aromatic N) is 1. The highest BCUT2D eigenvalue weighted by Gasteiger charge is 2.22. The lowest BCUT2D eigenvalue weighted by atomic mass is 10.0. The van der Waals surface area contributed by atoms with Gasteiger partial charge in [-0.2, -0.15) is 0 Å². The minimum Gasteiger partial charge on any atom is -0.756 e. The lowest BCUT2D eigenvalue weighted by Crippen LogP contribution is -2.37. The van der Waals surface area contributed by atoms with Crippen molar-refractivity contribution in [2.75, 3.05) is 47.5 Å². The summed E-state index contributed by atoms with van der Waals surface area (Å²) in [5.74, 6) is -0.848. The van der Waals surface area contributed by atoms with Gasteiger partial charge in [-0.1, -0.05) is 257 Å². The Bertz CT molecular complexity index is 1810. The summed E-state index contributed by atoms with van der Waals surface area (Å²) < 4.78 is 34.2. The predicted octanol–water partition coefficient (Wildman–Crippen LogP) is 19.9. The molecule has 0 spiro atoms. The predicted molar refractivity (Wildman–Crippen MR) is 341 cm³/mol. The monoisotopic (exact) mass is 1130 g/mol. The van der Waals surface area contributed by atoms with E-state index in [1.165, 1.54) is 89.9 Å². The second-order valence-electron chi connectivity index (χ2n) is 22.0. The van der Waals surface area contributed by atoms with Crippen LogP contribution in [0.5, 0.6) is 0 Å². The van der Waals surface area contributed by atoms with Crippen molar-refractivity contribution in [3.8, 4) is 0 Å². The Morgan fingerprint density at radius 3 is 1.00 bits per heavy atom. The Labute approximate surface area is 491 Å². The van der Waals surface area contributed by atoms with Gasteiger partial charge >= 0.3 is 11.9 Å². The number of likely N-dealkylation sites (N-methyl/N-ethyl adjacent to an activating group) is 1. The summed E-state index contributed by atoms with van der Waals surface area (Å²) in [7, 11) is 1.15. The molecule has 2 unspecified atom stereocenters. The molecule has 0 amide bonds. The van der Waals surface area contributed by atoms with E-state index in [4.69, 9.17) is 18.5 Å². The van der Waals surface area contributed by atoms with Gasteiger partial charge in [0.15, 0.2) is 6.10 Å². The number of unbranched alkanes of at least 4 members (excludes halogenated alkanes) is 21. The molecule has 0 bridgehead atoms. The van der Waals surface area contributed by atoms with Crippen LogP contribution in [0.4, 0.5) is 0 Å². The van der Waals surface area contributed by atoms with Crippen LogP contribution in [0.1, 0.15) is 245 Å². The van der Waals surface area contributed by atoms with Crippen LogP contribution < -0.4 is 4.89 Å². The van der Waals surface area contributed by atoms with Crippen LogP contribution in [0.25, 0.3) is 0 Å². The molecule has 0 fully saturated rings. The molecule has 0 aliphatic carbocycles. The number of rotatable bonds is 57. The van der Waals surface area contributed by atoms with Crippen molar-refractivity contribution in [2.45, 2.75) is 251 Å². The quantitative estimate of drug-likeness (QED) is 0.0195. The van der Waals surface area contributed by atoms with Gasteiger partial charge < -0.3 is 27.9 Å². The summed E-state index contributed by atoms with van der Waals surface area (Å²) in [5, 5.41) is 0. The Hall–Kier alpha value is -3.85. The first kappa shape index (κ1) is 76.1. The third-order valence-corrected chi connectivity index (χ3v) is 14.1. The Kier molecular flexibility index (Phi) is 56.9. The number of quaternary nitrogens is 1. The fourth-order valence-corrected chi connectivity index (χ4v) is 9.06. The van der Waals surface area contributed by atoms with Crippen LogP contribution in [0.2, 0.25) is 0 Å². The van der Waals surface area contributed by atoms with Gasteiger partial charge in [-0.25, -0.2) is 0 Å². The molecule has 80 heavy (non-hydrogen) atoms. The summed E-state index contributed by atoms with van der Waals surface area (Å²) in [5.41, 5.74) is 0. The highest BCUT2D eigenvalue weighted by molar-refractivity contribution is 7.45. The van der Waals surface area contributed by atoms with E-state index in [0.717, 1.165) is 116 Å². The molecule has 0 aliphatic heterocycles. The highest BCUT2D eigenvalue weighted by Crippen LogP contribution is 2.38. The maximum absolute atomic E-state index is 12.8. The van der Waals surface area contributed by atoms with Gasteiger partial charge in [0.25, 0.3) is 7.82 Å². The van der Waals surface area contributed by atoms with E-state index in [-0.39, 0.29) is 26.1 Å². The normalized spacial score (nSPS) is 14.1. The third kappa shape index (κ3) is 63.3. The Morgan fingerprint density at radius 1 is 0.388 bits per heavy atom. The van der Waals surface area contributed by atoms with E-state index in [1.54, 1.807) is 0 Å². The number of esters is 2. The number of allylic oxidation sites excluding steroid dienone is 22. The summed E-state index contributed by atoms with van der Waals surface area (Å²) in [6, 6.07) is 0. The van der Waals surface area contributed by atoms with Crippen LogP contribution in [0.3, 0.4) is 0 Å². The van der Waals surface area contributed by atoms with E-state index in [9.17, 15) is 19.0 Å². The molecule has 0 aliphatic rings. The number of hydrogen-bond acceptors (Lipinski definition) is 8. The van der Waals surface area contributed by atoms with Crippen molar-refractivity contribution in [2.24, 2.45) is 0 Å².